The quantitative estimate of drug-likeness (QED) is 0.520. The van der Waals surface area contributed by atoms with Gasteiger partial charge in [-0.25, -0.2) is 4.98 Å². The molecule has 19 heavy (non-hydrogen) atoms. The molecule has 1 aromatic carbocycles. The second kappa shape index (κ2) is 5.04. The molecule has 0 atom stereocenters. The van der Waals surface area contributed by atoms with Crippen LogP contribution in [0.3, 0.4) is 0 Å². The van der Waals surface area contributed by atoms with E-state index in [1.165, 1.54) is 12.1 Å². The molecule has 3 rings (SSSR count). The molecule has 0 saturated carbocycles. The van der Waals surface area contributed by atoms with Crippen molar-refractivity contribution in [3.05, 3.63) is 64.8 Å². The van der Waals surface area contributed by atoms with Crippen LogP contribution in [0.15, 0.2) is 58.3 Å². The fourth-order valence-electron chi connectivity index (χ4n) is 1.94. The Bertz CT molecular complexity index is 761. The first kappa shape index (κ1) is 13.0. The zero-order valence-electron chi connectivity index (χ0n) is 10.2. The molecule has 0 spiro atoms. The van der Waals surface area contributed by atoms with E-state index >= 15 is 0 Å². The van der Waals surface area contributed by atoms with Gasteiger partial charge in [-0.3, -0.25) is 4.79 Å². The van der Waals surface area contributed by atoms with Gasteiger partial charge < -0.3 is 9.89 Å². The molecule has 0 aromatic heterocycles. The van der Waals surface area contributed by atoms with Gasteiger partial charge in [-0.2, -0.15) is 0 Å². The third-order valence-corrected chi connectivity index (χ3v) is 2.80. The summed E-state index contributed by atoms with van der Waals surface area (Å²) in [6, 6.07) is 10.5. The Hall–Kier alpha value is -2.46. The van der Waals surface area contributed by atoms with Gasteiger partial charge in [0.1, 0.15) is 11.2 Å². The van der Waals surface area contributed by atoms with Crippen LogP contribution in [0, 0.1) is 0 Å². The van der Waals surface area contributed by atoms with Gasteiger partial charge in [-0.05, 0) is 36.2 Å². The Morgan fingerprint density at radius 1 is 1.21 bits per heavy atom. The van der Waals surface area contributed by atoms with Crippen LogP contribution in [0.25, 0.3) is 22.6 Å². The summed E-state index contributed by atoms with van der Waals surface area (Å²) >= 11 is 0. The summed E-state index contributed by atoms with van der Waals surface area (Å²) in [6.07, 6.45) is 2.62. The second-order valence-electron chi connectivity index (χ2n) is 4.14. The van der Waals surface area contributed by atoms with E-state index in [1.807, 2.05) is 24.3 Å². The average molecular weight is 255 g/mol. The van der Waals surface area contributed by atoms with E-state index in [0.29, 0.717) is 17.0 Å². The maximum absolute atomic E-state index is 11.3. The molecule has 0 radical (unpaired) electrons. The van der Waals surface area contributed by atoms with Crippen LogP contribution >= 0.6 is 0 Å². The smallest absolute Gasteiger partial charge is 0.182 e. The molecule has 0 saturated heterocycles. The predicted molar refractivity (Wildman–Crippen MR) is 74.4 cm³/mol. The minimum Gasteiger partial charge on any atom is -0.453 e. The van der Waals surface area contributed by atoms with Crippen LogP contribution < -0.4 is 5.43 Å². The maximum Gasteiger partial charge on any atom is 0.182 e. The Morgan fingerprint density at radius 3 is 2.84 bits per heavy atom. The Morgan fingerprint density at radius 2 is 2.05 bits per heavy atom. The number of benzene rings is 2. The first-order chi connectivity index (χ1) is 8.76. The van der Waals surface area contributed by atoms with Crippen LogP contribution in [0.4, 0.5) is 0 Å². The summed E-state index contributed by atoms with van der Waals surface area (Å²) in [4.78, 5) is 15.7. The number of nitrogens with zero attached hydrogens (tertiary/aromatic N) is 1. The second-order valence-corrected chi connectivity index (χ2v) is 4.14. The van der Waals surface area contributed by atoms with E-state index < -0.39 is 0 Å². The number of hydrogen-bond acceptors (Lipinski definition) is 3. The summed E-state index contributed by atoms with van der Waals surface area (Å²) in [5, 5.41) is 0. The van der Waals surface area contributed by atoms with Gasteiger partial charge in [0, 0.05) is 6.07 Å². The highest BCUT2D eigenvalue weighted by Crippen LogP contribution is 2.24. The van der Waals surface area contributed by atoms with Crippen LogP contribution in [0.2, 0.25) is 0 Å². The van der Waals surface area contributed by atoms with E-state index in [4.69, 9.17) is 4.42 Å². The molecule has 1 aliphatic carbocycles. The van der Waals surface area contributed by atoms with Crippen LogP contribution in [0.1, 0.15) is 5.56 Å². The lowest BCUT2D eigenvalue weighted by molar-refractivity contribution is 0.612. The SMILES string of the molecule is C=CCc1ccc2nc3ccc(=O)cc-3oc2c1.O. The first-order valence-electron chi connectivity index (χ1n) is 5.71. The maximum atomic E-state index is 11.3. The Labute approximate surface area is 109 Å². The van der Waals surface area contributed by atoms with E-state index in [-0.39, 0.29) is 10.9 Å². The normalized spacial score (nSPS) is 10.3. The van der Waals surface area contributed by atoms with Gasteiger partial charge >= 0.3 is 0 Å². The number of fused-ring (bicyclic) bond motifs is 2. The van der Waals surface area contributed by atoms with E-state index in [0.717, 1.165) is 17.5 Å². The number of hydrogen-bond donors (Lipinski definition) is 0. The average Bonchev–Trinajstić information content (AvgIpc) is 2.36. The number of aromatic nitrogens is 1. The highest BCUT2D eigenvalue weighted by molar-refractivity contribution is 5.76. The van der Waals surface area contributed by atoms with E-state index in [2.05, 4.69) is 11.6 Å². The molecule has 4 heteroatoms. The molecular formula is C15H13NO3. The highest BCUT2D eigenvalue weighted by atomic mass is 16.3. The minimum absolute atomic E-state index is 0. The highest BCUT2D eigenvalue weighted by Gasteiger charge is 2.09. The molecule has 2 aliphatic rings. The lowest BCUT2D eigenvalue weighted by Crippen LogP contribution is -1.99. The summed E-state index contributed by atoms with van der Waals surface area (Å²) in [5.41, 5.74) is 3.20. The molecule has 1 aromatic rings. The van der Waals surface area contributed by atoms with Crippen molar-refractivity contribution in [2.45, 2.75) is 6.42 Å². The summed E-state index contributed by atoms with van der Waals surface area (Å²) in [7, 11) is 0. The van der Waals surface area contributed by atoms with Gasteiger partial charge in [-0.15, -0.1) is 6.58 Å². The fraction of sp³-hybridized carbons (Fsp3) is 0.0667. The van der Waals surface area contributed by atoms with Gasteiger partial charge in [0.25, 0.3) is 0 Å². The molecule has 0 unspecified atom stereocenters. The molecule has 0 bridgehead atoms. The van der Waals surface area contributed by atoms with Crippen molar-refractivity contribution >= 4 is 11.1 Å². The summed E-state index contributed by atoms with van der Waals surface area (Å²) in [5.74, 6) is 0.519. The first-order valence-corrected chi connectivity index (χ1v) is 5.71. The van der Waals surface area contributed by atoms with Crippen molar-refractivity contribution in [1.29, 1.82) is 0 Å². The predicted octanol–water partition coefficient (Wildman–Crippen LogP) is 2.20. The van der Waals surface area contributed by atoms with Gasteiger partial charge in [0.2, 0.25) is 0 Å². The van der Waals surface area contributed by atoms with Crippen LogP contribution in [0.5, 0.6) is 0 Å². The largest absolute Gasteiger partial charge is 0.453 e. The lowest BCUT2D eigenvalue weighted by Gasteiger charge is -2.06. The van der Waals surface area contributed by atoms with Crippen molar-refractivity contribution in [3.63, 3.8) is 0 Å². The number of rotatable bonds is 2. The van der Waals surface area contributed by atoms with Crippen LogP contribution in [-0.4, -0.2) is 10.5 Å². The summed E-state index contributed by atoms with van der Waals surface area (Å²) in [6.45, 7) is 3.71. The molecule has 0 fully saturated rings. The molecule has 1 aliphatic heterocycles. The van der Waals surface area contributed by atoms with Crippen molar-refractivity contribution < 1.29 is 9.89 Å². The minimum atomic E-state index is -0.0744. The molecule has 2 N–H and O–H groups in total. The topological polar surface area (TPSA) is 74.6 Å². The third kappa shape index (κ3) is 2.39. The fourth-order valence-corrected chi connectivity index (χ4v) is 1.94. The molecule has 1 heterocycles. The standard InChI is InChI=1S/C15H11NO2.H2O/c1-2-3-10-4-6-12-14(8-10)18-15-9-11(17)5-7-13(15)16-12;/h2,4-9H,1,3H2;1H2. The van der Waals surface area contributed by atoms with Crippen molar-refractivity contribution in [2.75, 3.05) is 0 Å². The van der Waals surface area contributed by atoms with Gasteiger partial charge in [-0.1, -0.05) is 12.1 Å². The van der Waals surface area contributed by atoms with E-state index in [1.54, 1.807) is 6.07 Å². The number of allylic oxidation sites excluding steroid dienone is 1. The lowest BCUT2D eigenvalue weighted by atomic mass is 10.1. The molecule has 4 nitrogen and oxygen atoms in total. The Balaban J connectivity index is 0.00000133. The van der Waals surface area contributed by atoms with Crippen LogP contribution in [-0.2, 0) is 6.42 Å². The monoisotopic (exact) mass is 255 g/mol. The van der Waals surface area contributed by atoms with Gasteiger partial charge in [0.15, 0.2) is 16.8 Å². The summed E-state index contributed by atoms with van der Waals surface area (Å²) < 4.78 is 5.72. The van der Waals surface area contributed by atoms with Crippen molar-refractivity contribution in [2.24, 2.45) is 0 Å². The molecular weight excluding hydrogens is 242 g/mol. The van der Waals surface area contributed by atoms with Crippen molar-refractivity contribution in [1.82, 2.24) is 4.98 Å². The zero-order chi connectivity index (χ0) is 12.5. The zero-order valence-corrected chi connectivity index (χ0v) is 10.2. The third-order valence-electron chi connectivity index (χ3n) is 2.80. The molecule has 0 amide bonds. The molecule has 96 valence electrons. The Kier molecular flexibility index (Phi) is 3.44. The van der Waals surface area contributed by atoms with E-state index in [9.17, 15) is 4.79 Å². The van der Waals surface area contributed by atoms with Gasteiger partial charge in [0.05, 0.1) is 0 Å². The van der Waals surface area contributed by atoms with Crippen molar-refractivity contribution in [3.8, 4) is 11.5 Å².